The highest BCUT2D eigenvalue weighted by Crippen LogP contribution is 2.40. The van der Waals surface area contributed by atoms with Crippen LogP contribution in [0.2, 0.25) is 0 Å². The fourth-order valence-corrected chi connectivity index (χ4v) is 4.06. The predicted octanol–water partition coefficient (Wildman–Crippen LogP) is 3.22. The third-order valence-corrected chi connectivity index (χ3v) is 5.96. The van der Waals surface area contributed by atoms with Gasteiger partial charge >= 0.3 is 5.97 Å². The van der Waals surface area contributed by atoms with Crippen LogP contribution in [0.5, 0.6) is 0 Å². The van der Waals surface area contributed by atoms with E-state index in [1.165, 1.54) is 18.6 Å². The Labute approximate surface area is 160 Å². The van der Waals surface area contributed by atoms with Gasteiger partial charge in [-0.05, 0) is 34.5 Å². The summed E-state index contributed by atoms with van der Waals surface area (Å²) in [5.74, 6) is -0.446. The molecule has 24 heavy (non-hydrogen) atoms. The lowest BCUT2D eigenvalue weighted by molar-refractivity contribution is -0.279. The van der Waals surface area contributed by atoms with E-state index in [4.69, 9.17) is 18.4 Å². The van der Waals surface area contributed by atoms with Crippen molar-refractivity contribution < 1.29 is 28.3 Å². The van der Waals surface area contributed by atoms with Gasteiger partial charge < -0.3 is 19.3 Å². The first-order valence-corrected chi connectivity index (χ1v) is 12.9. The molecular weight excluding hydrogens is 466 g/mol. The largest absolute Gasteiger partial charge is 0.457 e. The quantitative estimate of drug-likeness (QED) is 0.275. The average Bonchev–Trinajstić information content (AvgIpc) is 2.57. The van der Waals surface area contributed by atoms with Crippen molar-refractivity contribution in [1.82, 2.24) is 0 Å². The number of carbonyl (C=O) groups excluding carboxylic acids is 1. The Kier molecular flexibility index (Phi) is 8.69. The predicted molar refractivity (Wildman–Crippen MR) is 102 cm³/mol. The maximum atomic E-state index is 11.4. The first-order chi connectivity index (χ1) is 11.5. The van der Waals surface area contributed by atoms with E-state index in [1.807, 2.05) is 30.3 Å². The molecule has 9 heteroatoms. The summed E-state index contributed by atoms with van der Waals surface area (Å²) in [5.41, 5.74) is 1.44. The van der Waals surface area contributed by atoms with Gasteiger partial charge in [0.1, 0.15) is 12.2 Å². The molecule has 134 valence electrons. The summed E-state index contributed by atoms with van der Waals surface area (Å²) in [6.45, 7) is 3.38. The fraction of sp³-hybridized carbons (Fsp3) is 0.533. The molecule has 6 atom stereocenters. The second kappa shape index (κ2) is 10.3. The van der Waals surface area contributed by atoms with Gasteiger partial charge in [0.05, 0.1) is 12.7 Å². The number of aliphatic hydroxyl groups is 1. The Morgan fingerprint density at radius 1 is 1.38 bits per heavy atom. The van der Waals surface area contributed by atoms with E-state index in [1.54, 1.807) is 6.92 Å². The molecule has 2 rings (SSSR count). The number of hydrogen-bond donors (Lipinski definition) is 1. The second-order valence-corrected chi connectivity index (χ2v) is 10.7. The Morgan fingerprint density at radius 2 is 2.08 bits per heavy atom. The first-order valence-electron chi connectivity index (χ1n) is 7.37. The Balaban J connectivity index is 2.09. The Bertz CT molecular complexity index is 522. The van der Waals surface area contributed by atoms with Crippen LogP contribution in [0.15, 0.2) is 30.3 Å². The minimum atomic E-state index is -1.06. The number of carbonyl (C=O) groups is 1. The van der Waals surface area contributed by atoms with Crippen molar-refractivity contribution in [2.75, 3.05) is 0 Å². The number of aliphatic hydroxyl groups excluding tert-OH is 1. The van der Waals surface area contributed by atoms with Crippen LogP contribution >= 0.6 is 39.1 Å². The molecule has 1 saturated heterocycles. The van der Waals surface area contributed by atoms with Gasteiger partial charge in [-0.25, -0.2) is 0 Å². The van der Waals surface area contributed by atoms with Crippen LogP contribution in [0.4, 0.5) is 0 Å². The molecule has 0 radical (unpaired) electrons. The lowest BCUT2D eigenvalue weighted by atomic mass is 9.99. The molecule has 0 bridgehead atoms. The molecular formula is C15H20IO6PS. The lowest BCUT2D eigenvalue weighted by Gasteiger charge is -2.42. The van der Waals surface area contributed by atoms with E-state index in [-0.39, 0.29) is 0 Å². The smallest absolute Gasteiger partial charge is 0.303 e. The third kappa shape index (κ3) is 5.79. The van der Waals surface area contributed by atoms with Crippen molar-refractivity contribution >= 4 is 45.1 Å². The van der Waals surface area contributed by atoms with Gasteiger partial charge in [0, 0.05) is 24.0 Å². The van der Waals surface area contributed by atoms with Crippen molar-refractivity contribution in [3.05, 3.63) is 35.9 Å². The normalized spacial score (nSPS) is 30.6. The van der Waals surface area contributed by atoms with Crippen LogP contribution in [0.3, 0.4) is 0 Å². The first kappa shape index (κ1) is 20.4. The van der Waals surface area contributed by atoms with E-state index in [0.717, 1.165) is 5.56 Å². The fourth-order valence-electron chi connectivity index (χ4n) is 2.45. The van der Waals surface area contributed by atoms with E-state index in [9.17, 15) is 9.90 Å². The highest BCUT2D eigenvalue weighted by atomic mass is 127. The van der Waals surface area contributed by atoms with E-state index >= 15 is 0 Å². The van der Waals surface area contributed by atoms with E-state index in [2.05, 4.69) is 22.0 Å². The number of halogens is 1. The van der Waals surface area contributed by atoms with Crippen LogP contribution in [0.1, 0.15) is 19.4 Å². The van der Waals surface area contributed by atoms with E-state index in [0.29, 0.717) is 12.0 Å². The van der Waals surface area contributed by atoms with Gasteiger partial charge in [-0.15, -0.1) is 0 Å². The molecule has 0 amide bonds. The number of esters is 1. The highest BCUT2D eigenvalue weighted by Gasteiger charge is 2.47. The summed E-state index contributed by atoms with van der Waals surface area (Å²) in [6.07, 6.45) is -3.79. The molecule has 0 saturated carbocycles. The molecule has 1 N–H and O–H groups in total. The van der Waals surface area contributed by atoms with Crippen LogP contribution < -0.4 is 0 Å². The van der Waals surface area contributed by atoms with Gasteiger partial charge in [0.2, 0.25) is 0 Å². The molecule has 3 unspecified atom stereocenters. The molecule has 0 aromatic heterocycles. The van der Waals surface area contributed by atoms with Crippen molar-refractivity contribution in [3.63, 3.8) is 0 Å². The molecule has 1 aromatic carbocycles. The molecule has 1 aliphatic heterocycles. The third-order valence-electron chi connectivity index (χ3n) is 3.51. The minimum Gasteiger partial charge on any atom is -0.457 e. The van der Waals surface area contributed by atoms with Crippen molar-refractivity contribution in [2.45, 2.75) is 51.2 Å². The van der Waals surface area contributed by atoms with Crippen molar-refractivity contribution in [1.29, 1.82) is 0 Å². The summed E-state index contributed by atoms with van der Waals surface area (Å²) < 4.78 is 22.3. The maximum absolute atomic E-state index is 11.4. The number of benzene rings is 1. The van der Waals surface area contributed by atoms with Gasteiger partial charge in [-0.1, -0.05) is 30.3 Å². The summed E-state index contributed by atoms with van der Waals surface area (Å²) in [6, 6.07) is 9.60. The number of ether oxygens (including phenoxy) is 3. The van der Waals surface area contributed by atoms with Crippen molar-refractivity contribution in [2.24, 2.45) is 0 Å². The SMILES string of the molecule is CC(=O)O[C@@H]1C(OCc2ccccc2)C(O)[C@H](OSPI)O[C@@H]1C. The van der Waals surface area contributed by atoms with E-state index < -0.39 is 36.7 Å². The van der Waals surface area contributed by atoms with Gasteiger partial charge in [0.25, 0.3) is 0 Å². The van der Waals surface area contributed by atoms with Gasteiger partial charge in [0.15, 0.2) is 12.4 Å². The minimum absolute atomic E-state index is 0.293. The zero-order valence-electron chi connectivity index (χ0n) is 13.3. The molecule has 1 aromatic rings. The summed E-state index contributed by atoms with van der Waals surface area (Å²) in [5, 5.41) is 10.6. The molecule has 1 heterocycles. The molecule has 0 aliphatic carbocycles. The van der Waals surface area contributed by atoms with Crippen LogP contribution in [0.25, 0.3) is 0 Å². The monoisotopic (exact) mass is 486 g/mol. The lowest BCUT2D eigenvalue weighted by Crippen LogP contribution is -2.59. The Morgan fingerprint density at radius 3 is 2.71 bits per heavy atom. The topological polar surface area (TPSA) is 74.2 Å². The number of rotatable bonds is 7. The standard InChI is InChI=1S/C15H20IO6PS/c1-9-13(21-10(2)17)14(12(18)15(20-9)22-24-23-16)19-8-11-6-4-3-5-7-11/h3-7,9,12-15,18,23H,8H2,1-2H3/t9-,12?,13+,14?,15+/m1/s1. The summed E-state index contributed by atoms with van der Waals surface area (Å²) >= 11 is 3.39. The van der Waals surface area contributed by atoms with Crippen molar-refractivity contribution in [3.8, 4) is 0 Å². The zero-order chi connectivity index (χ0) is 17.5. The van der Waals surface area contributed by atoms with Crippen LogP contribution in [-0.4, -0.2) is 41.8 Å². The molecule has 0 spiro atoms. The van der Waals surface area contributed by atoms with Gasteiger partial charge in [-0.2, -0.15) is 0 Å². The van der Waals surface area contributed by atoms with Gasteiger partial charge in [-0.3, -0.25) is 8.98 Å². The zero-order valence-corrected chi connectivity index (χ0v) is 17.2. The van der Waals surface area contributed by atoms with Crippen LogP contribution in [-0.2, 0) is 29.8 Å². The highest BCUT2D eigenvalue weighted by molar-refractivity contribution is 14.2. The van der Waals surface area contributed by atoms with Crippen LogP contribution in [0, 0.1) is 0 Å². The summed E-state index contributed by atoms with van der Waals surface area (Å²) in [7, 11) is 0. The average molecular weight is 486 g/mol. The second-order valence-electron chi connectivity index (χ2n) is 5.29. The molecule has 1 aliphatic rings. The Hall–Kier alpha value is 0.0400. The summed E-state index contributed by atoms with van der Waals surface area (Å²) in [4.78, 5) is 11.4. The maximum Gasteiger partial charge on any atom is 0.303 e. The number of hydrogen-bond acceptors (Lipinski definition) is 7. The molecule has 6 nitrogen and oxygen atoms in total. The molecule has 1 fully saturated rings.